The van der Waals surface area contributed by atoms with Crippen molar-refractivity contribution in [2.75, 3.05) is 6.26 Å². The van der Waals surface area contributed by atoms with Gasteiger partial charge >= 0.3 is 0 Å². The molecule has 0 saturated heterocycles. The highest BCUT2D eigenvalue weighted by Crippen LogP contribution is 1.91. The van der Waals surface area contributed by atoms with Gasteiger partial charge in [-0.05, 0) is 12.2 Å². The summed E-state index contributed by atoms with van der Waals surface area (Å²) in [6.07, 6.45) is 9.13. The normalized spacial score (nSPS) is 14.8. The van der Waals surface area contributed by atoms with Crippen molar-refractivity contribution in [2.24, 2.45) is 0 Å². The zero-order valence-electron chi connectivity index (χ0n) is 7.01. The summed E-state index contributed by atoms with van der Waals surface area (Å²) in [5.74, 6) is 0.245. The molecular weight excluding hydrogens is 194 g/mol. The molecule has 74 valence electrons. The Morgan fingerprint density at radius 2 is 1.92 bits per heavy atom. The molecule has 13 heavy (non-hydrogen) atoms. The monoisotopic (exact) mass is 205 g/mol. The van der Waals surface area contributed by atoms with E-state index in [-0.39, 0.29) is 5.76 Å². The predicted octanol–water partition coefficient (Wildman–Crippen LogP) is 0.563. The fourth-order valence-electron chi connectivity index (χ4n) is 0.447. The van der Waals surface area contributed by atoms with E-state index in [1.54, 1.807) is 24.4 Å². The summed E-state index contributed by atoms with van der Waals surface area (Å²) in [4.78, 5) is 0. The van der Waals surface area contributed by atoms with Crippen LogP contribution in [-0.4, -0.2) is 24.3 Å². The molecule has 0 atom stereocenters. The highest BCUT2D eigenvalue weighted by atomic mass is 32.2. The summed E-state index contributed by atoms with van der Waals surface area (Å²) in [5.41, 5.74) is 0. The molecule has 5 nitrogen and oxygen atoms in total. The molecule has 0 radical (unpaired) electrons. The molecule has 0 amide bonds. The van der Waals surface area contributed by atoms with Gasteiger partial charge in [0, 0.05) is 12.4 Å². The van der Waals surface area contributed by atoms with Crippen LogP contribution in [0.25, 0.3) is 0 Å². The van der Waals surface area contributed by atoms with Crippen molar-refractivity contribution in [2.45, 2.75) is 0 Å². The molecule has 1 rings (SSSR count). The predicted molar refractivity (Wildman–Crippen MR) is 49.6 cm³/mol. The lowest BCUT2D eigenvalue weighted by molar-refractivity contribution is 0.429. The Kier molecular flexibility index (Phi) is 4.86. The van der Waals surface area contributed by atoms with Gasteiger partial charge in [0.2, 0.25) is 0 Å². The lowest BCUT2D eigenvalue weighted by Gasteiger charge is -1.85. The minimum absolute atomic E-state index is 0.245. The van der Waals surface area contributed by atoms with Crippen molar-refractivity contribution in [3.63, 3.8) is 0 Å². The highest BCUT2D eigenvalue weighted by Gasteiger charge is 1.82. The van der Waals surface area contributed by atoms with Gasteiger partial charge in [-0.25, -0.2) is 0 Å². The molecule has 0 aliphatic carbocycles. The molecule has 1 heterocycles. The SMILES string of the molecule is CS(=O)(=O)O.OC1=CNC=CC=C1. The van der Waals surface area contributed by atoms with E-state index in [2.05, 4.69) is 5.32 Å². The summed E-state index contributed by atoms with van der Waals surface area (Å²) in [5, 5.41) is 11.5. The number of aliphatic hydroxyl groups excluding tert-OH is 1. The fourth-order valence-corrected chi connectivity index (χ4v) is 0.447. The lowest BCUT2D eigenvalue weighted by Crippen LogP contribution is -1.91. The van der Waals surface area contributed by atoms with Gasteiger partial charge < -0.3 is 10.4 Å². The molecule has 3 N–H and O–H groups in total. The second kappa shape index (κ2) is 5.39. The van der Waals surface area contributed by atoms with E-state index in [4.69, 9.17) is 9.66 Å². The van der Waals surface area contributed by atoms with Crippen LogP contribution in [0.2, 0.25) is 0 Å². The van der Waals surface area contributed by atoms with Gasteiger partial charge in [-0.3, -0.25) is 4.55 Å². The van der Waals surface area contributed by atoms with Crippen molar-refractivity contribution >= 4 is 10.1 Å². The van der Waals surface area contributed by atoms with Gasteiger partial charge in [-0.1, -0.05) is 6.08 Å². The molecule has 0 fully saturated rings. The number of nitrogens with one attached hydrogen (secondary N) is 1. The van der Waals surface area contributed by atoms with Gasteiger partial charge in [-0.2, -0.15) is 8.42 Å². The largest absolute Gasteiger partial charge is 0.506 e. The first kappa shape index (κ1) is 11.7. The first-order valence-corrected chi connectivity index (χ1v) is 5.15. The third-order valence-electron chi connectivity index (χ3n) is 0.802. The van der Waals surface area contributed by atoms with Crippen molar-refractivity contribution in [3.8, 4) is 0 Å². The molecule has 6 heteroatoms. The van der Waals surface area contributed by atoms with Gasteiger partial charge in [0.1, 0.15) is 5.76 Å². The summed E-state index contributed by atoms with van der Waals surface area (Å²) >= 11 is 0. The van der Waals surface area contributed by atoms with E-state index in [0.29, 0.717) is 6.26 Å². The zero-order chi connectivity index (χ0) is 10.3. The smallest absolute Gasteiger partial charge is 0.261 e. The molecule has 0 bridgehead atoms. The number of hydrogen-bond acceptors (Lipinski definition) is 4. The Morgan fingerprint density at radius 1 is 1.38 bits per heavy atom. The third kappa shape index (κ3) is 13.7. The second-order valence-corrected chi connectivity index (χ2v) is 3.65. The van der Waals surface area contributed by atoms with Crippen LogP contribution in [-0.2, 0) is 10.1 Å². The molecule has 0 saturated carbocycles. The molecule has 0 aromatic rings. The fraction of sp³-hybridized carbons (Fsp3) is 0.143. The molecular formula is C7H11NO4S. The number of aliphatic hydroxyl groups is 1. The molecule has 0 aromatic heterocycles. The standard InChI is InChI=1S/C6H7NO.CH4O3S/c8-6-3-1-2-4-7-5-6;1-5(2,3)4/h1-5,7-8H;1H3,(H,2,3,4). The van der Waals surface area contributed by atoms with Crippen LogP contribution in [0, 0.1) is 0 Å². The quantitative estimate of drug-likeness (QED) is 0.503. The molecule has 1 aliphatic rings. The topological polar surface area (TPSA) is 86.6 Å². The van der Waals surface area contributed by atoms with E-state index in [0.717, 1.165) is 0 Å². The van der Waals surface area contributed by atoms with Crippen LogP contribution >= 0.6 is 0 Å². The van der Waals surface area contributed by atoms with Crippen molar-refractivity contribution in [1.29, 1.82) is 0 Å². The van der Waals surface area contributed by atoms with E-state index in [9.17, 15) is 8.42 Å². The average Bonchev–Trinajstić information content (AvgIpc) is 2.12. The minimum atomic E-state index is -3.67. The first-order valence-electron chi connectivity index (χ1n) is 3.30. The maximum Gasteiger partial charge on any atom is 0.261 e. The van der Waals surface area contributed by atoms with Gasteiger partial charge in [0.05, 0.1) is 6.26 Å². The van der Waals surface area contributed by atoms with Crippen LogP contribution in [0.3, 0.4) is 0 Å². The highest BCUT2D eigenvalue weighted by molar-refractivity contribution is 7.85. The molecule has 1 aliphatic heterocycles. The summed E-state index contributed by atoms with van der Waals surface area (Å²) in [7, 11) is -3.67. The Labute approximate surface area is 76.8 Å². The van der Waals surface area contributed by atoms with Gasteiger partial charge in [-0.15, -0.1) is 0 Å². The number of allylic oxidation sites excluding steroid dienone is 3. The average molecular weight is 205 g/mol. The summed E-state index contributed by atoms with van der Waals surface area (Å²) < 4.78 is 25.9. The van der Waals surface area contributed by atoms with Gasteiger partial charge in [0.25, 0.3) is 10.1 Å². The van der Waals surface area contributed by atoms with Crippen molar-refractivity contribution in [1.82, 2.24) is 5.32 Å². The minimum Gasteiger partial charge on any atom is -0.506 e. The molecule has 0 spiro atoms. The van der Waals surface area contributed by atoms with Crippen molar-refractivity contribution in [3.05, 3.63) is 36.4 Å². The van der Waals surface area contributed by atoms with E-state index in [1.165, 1.54) is 6.20 Å². The van der Waals surface area contributed by atoms with Crippen LogP contribution in [0.15, 0.2) is 36.4 Å². The van der Waals surface area contributed by atoms with Crippen LogP contribution in [0.1, 0.15) is 0 Å². The van der Waals surface area contributed by atoms with Crippen LogP contribution in [0.4, 0.5) is 0 Å². The summed E-state index contributed by atoms with van der Waals surface area (Å²) in [6, 6.07) is 0. The number of rotatable bonds is 0. The maximum atomic E-state index is 9.19. The third-order valence-corrected chi connectivity index (χ3v) is 0.802. The van der Waals surface area contributed by atoms with Crippen molar-refractivity contribution < 1.29 is 18.1 Å². The second-order valence-electron chi connectivity index (χ2n) is 2.19. The number of hydrogen-bond donors (Lipinski definition) is 3. The van der Waals surface area contributed by atoms with Gasteiger partial charge in [0.15, 0.2) is 0 Å². The first-order chi connectivity index (χ1) is 5.89. The Bertz CT molecular complexity index is 316. The van der Waals surface area contributed by atoms with Crippen LogP contribution in [0.5, 0.6) is 0 Å². The van der Waals surface area contributed by atoms with E-state index in [1.807, 2.05) is 0 Å². The Balaban J connectivity index is 0.000000252. The summed E-state index contributed by atoms with van der Waals surface area (Å²) in [6.45, 7) is 0. The Morgan fingerprint density at radius 3 is 2.46 bits per heavy atom. The zero-order valence-corrected chi connectivity index (χ0v) is 7.82. The molecule has 0 aromatic carbocycles. The van der Waals surface area contributed by atoms with E-state index >= 15 is 0 Å². The Hall–Kier alpha value is -1.27. The maximum absolute atomic E-state index is 9.19. The van der Waals surface area contributed by atoms with Crippen LogP contribution < -0.4 is 5.32 Å². The molecule has 0 unspecified atom stereocenters. The van der Waals surface area contributed by atoms with E-state index < -0.39 is 10.1 Å². The lowest BCUT2D eigenvalue weighted by atomic mass is 10.4.